The molecule has 2 aromatic carbocycles. The lowest BCUT2D eigenvalue weighted by molar-refractivity contribution is 0.112. The van der Waals surface area contributed by atoms with Crippen molar-refractivity contribution in [1.29, 1.82) is 5.41 Å². The second-order valence-corrected chi connectivity index (χ2v) is 7.59. The summed E-state index contributed by atoms with van der Waals surface area (Å²) in [6.45, 7) is 7.05. The Kier molecular flexibility index (Phi) is 10.0. The van der Waals surface area contributed by atoms with Crippen LogP contribution in [0.3, 0.4) is 0 Å². The van der Waals surface area contributed by atoms with Gasteiger partial charge in [0, 0.05) is 24.2 Å². The van der Waals surface area contributed by atoms with Gasteiger partial charge in [0.15, 0.2) is 0 Å². The lowest BCUT2D eigenvalue weighted by Gasteiger charge is -2.28. The second-order valence-electron chi connectivity index (χ2n) is 7.59. The van der Waals surface area contributed by atoms with Gasteiger partial charge in [-0.05, 0) is 62.4 Å². The van der Waals surface area contributed by atoms with Crippen LogP contribution in [0.5, 0.6) is 5.75 Å². The summed E-state index contributed by atoms with van der Waals surface area (Å²) in [5, 5.41) is 20.4. The Labute approximate surface area is 179 Å². The molecule has 0 bridgehead atoms. The zero-order chi connectivity index (χ0) is 21.8. The number of aryl methyl sites for hydroxylation is 3. The molecule has 30 heavy (non-hydrogen) atoms. The Balaban J connectivity index is 1.86. The Hall–Kier alpha value is -2.70. The van der Waals surface area contributed by atoms with Crippen molar-refractivity contribution in [3.8, 4) is 5.75 Å². The summed E-state index contributed by atoms with van der Waals surface area (Å²) in [4.78, 5) is 4.40. The SMILES string of the molecule is Cc1ccc(OCCN=CNC(CCc2ccccc2)[C@@H](C=N)C(C)NO)cc1C. The molecule has 0 amide bonds. The highest BCUT2D eigenvalue weighted by Crippen LogP contribution is 2.16. The molecule has 4 N–H and O–H groups in total. The minimum atomic E-state index is -0.239. The van der Waals surface area contributed by atoms with Gasteiger partial charge >= 0.3 is 0 Å². The maximum absolute atomic E-state index is 9.33. The monoisotopic (exact) mass is 410 g/mol. The fourth-order valence-corrected chi connectivity index (χ4v) is 3.28. The van der Waals surface area contributed by atoms with Gasteiger partial charge in [-0.2, -0.15) is 0 Å². The van der Waals surface area contributed by atoms with E-state index in [9.17, 15) is 5.21 Å². The van der Waals surface area contributed by atoms with Crippen molar-refractivity contribution in [3.05, 3.63) is 65.2 Å². The number of hydrogen-bond acceptors (Lipinski definition) is 5. The molecule has 2 rings (SSSR count). The van der Waals surface area contributed by atoms with Crippen molar-refractivity contribution in [2.24, 2.45) is 10.9 Å². The van der Waals surface area contributed by atoms with Gasteiger partial charge < -0.3 is 20.7 Å². The van der Waals surface area contributed by atoms with E-state index < -0.39 is 0 Å². The molecule has 0 spiro atoms. The molecule has 2 aromatic rings. The van der Waals surface area contributed by atoms with E-state index in [1.54, 1.807) is 6.34 Å². The van der Waals surface area contributed by atoms with Gasteiger partial charge in [0.05, 0.1) is 12.9 Å². The topological polar surface area (TPSA) is 89.7 Å². The molecule has 0 fully saturated rings. The van der Waals surface area contributed by atoms with Crippen molar-refractivity contribution in [2.75, 3.05) is 13.2 Å². The van der Waals surface area contributed by atoms with E-state index in [-0.39, 0.29) is 18.0 Å². The number of nitrogens with one attached hydrogen (secondary N) is 3. The molecule has 0 radical (unpaired) electrons. The molecule has 0 heterocycles. The van der Waals surface area contributed by atoms with Crippen molar-refractivity contribution in [1.82, 2.24) is 10.8 Å². The molecule has 0 aliphatic carbocycles. The van der Waals surface area contributed by atoms with E-state index in [1.165, 1.54) is 22.9 Å². The first-order valence-electron chi connectivity index (χ1n) is 10.4. The lowest BCUT2D eigenvalue weighted by atomic mass is 9.90. The van der Waals surface area contributed by atoms with Crippen molar-refractivity contribution < 1.29 is 9.94 Å². The molecular weight excluding hydrogens is 376 g/mol. The van der Waals surface area contributed by atoms with E-state index in [0.29, 0.717) is 13.2 Å². The fraction of sp³-hybridized carbons (Fsp3) is 0.417. The highest BCUT2D eigenvalue weighted by Gasteiger charge is 2.24. The first kappa shape index (κ1) is 23.6. The zero-order valence-electron chi connectivity index (χ0n) is 18.1. The second kappa shape index (κ2) is 12.8. The Morgan fingerprint density at radius 1 is 1.13 bits per heavy atom. The van der Waals surface area contributed by atoms with Crippen LogP contribution in [0.4, 0.5) is 0 Å². The molecule has 0 saturated carbocycles. The number of aliphatic imine (C=N–C) groups is 1. The number of hydrogen-bond donors (Lipinski definition) is 4. The fourth-order valence-electron chi connectivity index (χ4n) is 3.28. The summed E-state index contributed by atoms with van der Waals surface area (Å²) in [5.41, 5.74) is 5.98. The van der Waals surface area contributed by atoms with Crippen LogP contribution in [0, 0.1) is 25.2 Å². The number of nitrogens with zero attached hydrogens (tertiary/aromatic N) is 1. The maximum Gasteiger partial charge on any atom is 0.119 e. The lowest BCUT2D eigenvalue weighted by Crippen LogP contribution is -2.46. The van der Waals surface area contributed by atoms with Crippen LogP contribution >= 0.6 is 0 Å². The van der Waals surface area contributed by atoms with E-state index >= 15 is 0 Å². The summed E-state index contributed by atoms with van der Waals surface area (Å²) in [5.74, 6) is 0.686. The minimum Gasteiger partial charge on any atom is -0.492 e. The third-order valence-electron chi connectivity index (χ3n) is 5.37. The molecule has 6 heteroatoms. The molecule has 0 aliphatic rings. The third-order valence-corrected chi connectivity index (χ3v) is 5.37. The molecule has 0 aromatic heterocycles. The minimum absolute atomic E-state index is 0.0261. The summed E-state index contributed by atoms with van der Waals surface area (Å²) >= 11 is 0. The first-order valence-corrected chi connectivity index (χ1v) is 10.4. The molecule has 162 valence electrons. The predicted molar refractivity (Wildman–Crippen MR) is 123 cm³/mol. The summed E-state index contributed by atoms with van der Waals surface area (Å²) in [6, 6.07) is 16.1. The number of hydroxylamine groups is 1. The highest BCUT2D eigenvalue weighted by atomic mass is 16.5. The largest absolute Gasteiger partial charge is 0.492 e. The van der Waals surface area contributed by atoms with Crippen LogP contribution in [0.2, 0.25) is 0 Å². The molecular formula is C24H34N4O2. The Morgan fingerprint density at radius 2 is 1.90 bits per heavy atom. The third kappa shape index (κ3) is 7.61. The van der Waals surface area contributed by atoms with Crippen LogP contribution < -0.4 is 15.5 Å². The maximum atomic E-state index is 9.33. The number of benzene rings is 2. The van der Waals surface area contributed by atoms with Crippen LogP contribution in [-0.4, -0.2) is 43.0 Å². The molecule has 3 atom stereocenters. The normalized spacial score (nSPS) is 14.3. The Bertz CT molecular complexity index is 795. The van der Waals surface area contributed by atoms with E-state index in [4.69, 9.17) is 10.1 Å². The average molecular weight is 411 g/mol. The van der Waals surface area contributed by atoms with Gasteiger partial charge in [-0.15, -0.1) is 0 Å². The first-order chi connectivity index (χ1) is 14.5. The van der Waals surface area contributed by atoms with Gasteiger partial charge in [-0.1, -0.05) is 36.4 Å². The quantitative estimate of drug-likeness (QED) is 0.174. The van der Waals surface area contributed by atoms with Gasteiger partial charge in [-0.3, -0.25) is 4.99 Å². The highest BCUT2D eigenvalue weighted by molar-refractivity contribution is 5.62. The van der Waals surface area contributed by atoms with E-state index in [1.807, 2.05) is 37.3 Å². The number of rotatable bonds is 13. The van der Waals surface area contributed by atoms with E-state index in [2.05, 4.69) is 47.8 Å². The van der Waals surface area contributed by atoms with Gasteiger partial charge in [0.1, 0.15) is 12.4 Å². The van der Waals surface area contributed by atoms with Gasteiger partial charge in [-0.25, -0.2) is 5.48 Å². The van der Waals surface area contributed by atoms with Crippen molar-refractivity contribution >= 4 is 12.6 Å². The van der Waals surface area contributed by atoms with Crippen LogP contribution in [0.25, 0.3) is 0 Å². The van der Waals surface area contributed by atoms with Crippen LogP contribution in [0.15, 0.2) is 53.5 Å². The van der Waals surface area contributed by atoms with Crippen molar-refractivity contribution in [2.45, 2.75) is 45.7 Å². The standard InChI is InChI=1S/C24H34N4O2/c1-18-9-11-22(15-19(18)2)30-14-13-26-17-27-24(23(16-25)20(3)28-29)12-10-21-7-5-4-6-8-21/h4-9,11,15-17,20,23-25,28-29H,10,12-14H2,1-3H3,(H,26,27)/t20?,23-,24?/m0/s1. The molecule has 2 unspecified atom stereocenters. The zero-order valence-corrected chi connectivity index (χ0v) is 18.1. The summed E-state index contributed by atoms with van der Waals surface area (Å²) < 4.78 is 5.76. The molecule has 0 saturated heterocycles. The summed E-state index contributed by atoms with van der Waals surface area (Å²) in [7, 11) is 0. The molecule has 6 nitrogen and oxygen atoms in total. The van der Waals surface area contributed by atoms with E-state index in [0.717, 1.165) is 18.6 Å². The molecule has 0 aliphatic heterocycles. The predicted octanol–water partition coefficient (Wildman–Crippen LogP) is 3.93. The van der Waals surface area contributed by atoms with Crippen LogP contribution in [-0.2, 0) is 6.42 Å². The Morgan fingerprint density at radius 3 is 2.57 bits per heavy atom. The smallest absolute Gasteiger partial charge is 0.119 e. The van der Waals surface area contributed by atoms with Gasteiger partial charge in [0.25, 0.3) is 0 Å². The van der Waals surface area contributed by atoms with Crippen molar-refractivity contribution in [3.63, 3.8) is 0 Å². The van der Waals surface area contributed by atoms with Crippen LogP contribution in [0.1, 0.15) is 30.0 Å². The summed E-state index contributed by atoms with van der Waals surface area (Å²) in [6.07, 6.45) is 4.78. The van der Waals surface area contributed by atoms with Gasteiger partial charge in [0.2, 0.25) is 0 Å². The average Bonchev–Trinajstić information content (AvgIpc) is 2.77. The number of ether oxygens (including phenoxy) is 1.